The number of H-pyrrole nitrogens is 1. The summed E-state index contributed by atoms with van der Waals surface area (Å²) in [6.07, 6.45) is 4.29. The second-order valence-corrected chi connectivity index (χ2v) is 10.1. The number of aromatic amines is 1. The van der Waals surface area contributed by atoms with Crippen LogP contribution in [0.4, 0.5) is 11.4 Å². The van der Waals surface area contributed by atoms with Gasteiger partial charge in [0.05, 0.1) is 23.1 Å². The predicted octanol–water partition coefficient (Wildman–Crippen LogP) is 4.88. The molecule has 3 heterocycles. The lowest BCUT2D eigenvalue weighted by molar-refractivity contribution is -0.117. The van der Waals surface area contributed by atoms with Crippen LogP contribution >= 0.6 is 0 Å². The van der Waals surface area contributed by atoms with E-state index in [1.165, 1.54) is 23.2 Å². The maximum absolute atomic E-state index is 12.4. The molecule has 6 rings (SSSR count). The summed E-state index contributed by atoms with van der Waals surface area (Å²) in [5.41, 5.74) is 6.55. The fourth-order valence-electron chi connectivity index (χ4n) is 5.41. The summed E-state index contributed by atoms with van der Waals surface area (Å²) >= 11 is 0. The number of hydrogen-bond donors (Lipinski definition) is 4. The summed E-state index contributed by atoms with van der Waals surface area (Å²) in [5, 5.41) is 9.83. The number of para-hydroxylation sites is 1. The van der Waals surface area contributed by atoms with E-state index in [4.69, 9.17) is 4.98 Å². The third kappa shape index (κ3) is 5.53. The quantitative estimate of drug-likeness (QED) is 0.280. The van der Waals surface area contributed by atoms with Gasteiger partial charge in [0.25, 0.3) is 0 Å². The molecular weight excluding hydrogens is 460 g/mol. The number of imidazole rings is 1. The topological polar surface area (TPSA) is 85.1 Å². The van der Waals surface area contributed by atoms with Crippen molar-refractivity contribution in [1.29, 1.82) is 0 Å². The molecule has 4 N–H and O–H groups in total. The van der Waals surface area contributed by atoms with Crippen LogP contribution in [0.25, 0.3) is 11.0 Å². The Labute approximate surface area is 217 Å². The van der Waals surface area contributed by atoms with E-state index in [2.05, 4.69) is 80.4 Å². The number of carbonyl (C=O) groups excluding carboxylic acids is 1. The van der Waals surface area contributed by atoms with Crippen molar-refractivity contribution >= 4 is 28.3 Å². The molecule has 2 atom stereocenters. The Morgan fingerprint density at radius 3 is 2.41 bits per heavy atom. The number of rotatable bonds is 8. The molecule has 0 bridgehead atoms. The highest BCUT2D eigenvalue weighted by molar-refractivity contribution is 5.95. The van der Waals surface area contributed by atoms with Gasteiger partial charge in [-0.3, -0.25) is 4.79 Å². The molecule has 0 radical (unpaired) electrons. The van der Waals surface area contributed by atoms with Crippen LogP contribution in [0.3, 0.4) is 0 Å². The van der Waals surface area contributed by atoms with Gasteiger partial charge in [-0.2, -0.15) is 0 Å². The largest absolute Gasteiger partial charge is 0.363 e. The highest BCUT2D eigenvalue weighted by Crippen LogP contribution is 2.26. The molecule has 0 aliphatic carbocycles. The molecule has 1 aromatic heterocycles. The zero-order chi connectivity index (χ0) is 25.0. The lowest BCUT2D eigenvalue weighted by Gasteiger charge is -2.25. The highest BCUT2D eigenvalue weighted by atomic mass is 16.2. The van der Waals surface area contributed by atoms with Crippen LogP contribution < -0.4 is 20.9 Å². The van der Waals surface area contributed by atoms with E-state index in [0.29, 0.717) is 6.04 Å². The van der Waals surface area contributed by atoms with Crippen LogP contribution in [0.2, 0.25) is 0 Å². The number of benzene rings is 3. The number of aromatic nitrogens is 2. The lowest BCUT2D eigenvalue weighted by Crippen LogP contribution is -2.35. The van der Waals surface area contributed by atoms with Crippen molar-refractivity contribution < 1.29 is 4.79 Å². The molecule has 2 unspecified atom stereocenters. The lowest BCUT2D eigenvalue weighted by atomic mass is 10.1. The monoisotopic (exact) mass is 494 g/mol. The van der Waals surface area contributed by atoms with E-state index in [-0.39, 0.29) is 11.9 Å². The van der Waals surface area contributed by atoms with Gasteiger partial charge in [-0.1, -0.05) is 36.4 Å². The van der Waals surface area contributed by atoms with Gasteiger partial charge in [0.15, 0.2) is 0 Å². The van der Waals surface area contributed by atoms with Crippen molar-refractivity contribution in [3.05, 3.63) is 89.7 Å². The van der Waals surface area contributed by atoms with E-state index < -0.39 is 0 Å². The summed E-state index contributed by atoms with van der Waals surface area (Å²) < 4.78 is 0. The van der Waals surface area contributed by atoms with Crippen molar-refractivity contribution in [3.63, 3.8) is 0 Å². The SMILES string of the molecule is O=C(Nc1ccc(CN(Cc2ccc3nc(C4CCCN4)[nH]c3c2)c2ccccc2)cc1)C1CCCN1. The number of nitrogens with one attached hydrogen (secondary N) is 4. The predicted molar refractivity (Wildman–Crippen MR) is 148 cm³/mol. The van der Waals surface area contributed by atoms with Gasteiger partial charge in [0.2, 0.25) is 5.91 Å². The second-order valence-electron chi connectivity index (χ2n) is 10.1. The van der Waals surface area contributed by atoms with Crippen molar-refractivity contribution in [2.24, 2.45) is 0 Å². The van der Waals surface area contributed by atoms with Crippen molar-refractivity contribution in [2.75, 3.05) is 23.3 Å². The number of carbonyl (C=O) groups is 1. The molecule has 3 aromatic carbocycles. The zero-order valence-corrected chi connectivity index (χ0v) is 21.0. The molecule has 7 heteroatoms. The molecule has 0 saturated carbocycles. The van der Waals surface area contributed by atoms with Gasteiger partial charge >= 0.3 is 0 Å². The first-order chi connectivity index (χ1) is 18.2. The average molecular weight is 495 g/mol. The molecule has 2 aliphatic rings. The van der Waals surface area contributed by atoms with Gasteiger partial charge in [-0.05, 0) is 86.3 Å². The van der Waals surface area contributed by atoms with Gasteiger partial charge in [0.1, 0.15) is 5.82 Å². The van der Waals surface area contributed by atoms with E-state index >= 15 is 0 Å². The minimum Gasteiger partial charge on any atom is -0.363 e. The molecule has 0 spiro atoms. The van der Waals surface area contributed by atoms with E-state index in [0.717, 1.165) is 68.0 Å². The third-order valence-corrected chi connectivity index (χ3v) is 7.42. The standard InChI is InChI=1S/C30H34N6O/c37-30(27-9-5-17-32-27)33-23-13-10-21(11-14-23)19-36(24-6-2-1-3-7-24)20-22-12-15-25-28(18-22)35-29(34-25)26-8-4-16-31-26/h1-3,6-7,10-15,18,26-27,31-32H,4-5,8-9,16-17,19-20H2,(H,33,37)(H,34,35). The maximum Gasteiger partial charge on any atom is 0.241 e. The minimum atomic E-state index is -0.0778. The first-order valence-electron chi connectivity index (χ1n) is 13.4. The third-order valence-electron chi connectivity index (χ3n) is 7.42. The number of amides is 1. The maximum atomic E-state index is 12.4. The summed E-state index contributed by atoms with van der Waals surface area (Å²) in [6, 6.07) is 25.5. The minimum absolute atomic E-state index is 0.0530. The van der Waals surface area contributed by atoms with Crippen LogP contribution in [-0.2, 0) is 17.9 Å². The van der Waals surface area contributed by atoms with Crippen molar-refractivity contribution in [2.45, 2.75) is 50.9 Å². The van der Waals surface area contributed by atoms with Crippen LogP contribution in [0.1, 0.15) is 48.7 Å². The Morgan fingerprint density at radius 1 is 0.892 bits per heavy atom. The summed E-state index contributed by atoms with van der Waals surface area (Å²) in [7, 11) is 0. The van der Waals surface area contributed by atoms with Crippen molar-refractivity contribution in [3.8, 4) is 0 Å². The summed E-state index contributed by atoms with van der Waals surface area (Å²) in [5.74, 6) is 1.10. The highest BCUT2D eigenvalue weighted by Gasteiger charge is 2.22. The van der Waals surface area contributed by atoms with E-state index in [9.17, 15) is 4.79 Å². The van der Waals surface area contributed by atoms with Crippen molar-refractivity contribution in [1.82, 2.24) is 20.6 Å². The first-order valence-corrected chi connectivity index (χ1v) is 13.4. The second kappa shape index (κ2) is 10.7. The molecule has 2 fully saturated rings. The van der Waals surface area contributed by atoms with Gasteiger partial charge in [-0.15, -0.1) is 0 Å². The summed E-state index contributed by atoms with van der Waals surface area (Å²) in [4.78, 5) is 23.2. The Hall–Kier alpha value is -3.68. The van der Waals surface area contributed by atoms with E-state index in [1.54, 1.807) is 0 Å². The number of hydrogen-bond acceptors (Lipinski definition) is 5. The molecule has 2 saturated heterocycles. The Bertz CT molecular complexity index is 1340. The fraction of sp³-hybridized carbons (Fsp3) is 0.333. The number of nitrogens with zero attached hydrogens (tertiary/aromatic N) is 2. The normalized spacial score (nSPS) is 19.4. The Balaban J connectivity index is 1.18. The Morgan fingerprint density at radius 2 is 1.65 bits per heavy atom. The zero-order valence-electron chi connectivity index (χ0n) is 21.0. The van der Waals surface area contributed by atoms with E-state index in [1.807, 2.05) is 18.2 Å². The fourth-order valence-corrected chi connectivity index (χ4v) is 5.41. The van der Waals surface area contributed by atoms with Crippen LogP contribution in [0, 0.1) is 0 Å². The van der Waals surface area contributed by atoms with Crippen LogP contribution in [0.5, 0.6) is 0 Å². The van der Waals surface area contributed by atoms with Crippen LogP contribution in [-0.4, -0.2) is 35.0 Å². The molecule has 37 heavy (non-hydrogen) atoms. The average Bonchev–Trinajstić information content (AvgIpc) is 3.71. The van der Waals surface area contributed by atoms with Gasteiger partial charge in [0, 0.05) is 24.5 Å². The van der Waals surface area contributed by atoms with Gasteiger partial charge in [-0.25, -0.2) is 4.98 Å². The number of fused-ring (bicyclic) bond motifs is 1. The Kier molecular flexibility index (Phi) is 6.88. The molecule has 7 nitrogen and oxygen atoms in total. The van der Waals surface area contributed by atoms with Gasteiger partial charge < -0.3 is 25.8 Å². The summed E-state index contributed by atoms with van der Waals surface area (Å²) in [6.45, 7) is 3.52. The molecule has 2 aliphatic heterocycles. The molecule has 190 valence electrons. The number of anilines is 2. The molecule has 1 amide bonds. The first kappa shape index (κ1) is 23.7. The van der Waals surface area contributed by atoms with Crippen LogP contribution in [0.15, 0.2) is 72.8 Å². The molecule has 4 aromatic rings. The smallest absolute Gasteiger partial charge is 0.241 e. The molecular formula is C30H34N6O.